The van der Waals surface area contributed by atoms with E-state index in [0.29, 0.717) is 39.3 Å². The smallest absolute Gasteiger partial charge is 0.265 e. The third kappa shape index (κ3) is 3.98. The summed E-state index contributed by atoms with van der Waals surface area (Å²) in [6, 6.07) is 10.4. The van der Waals surface area contributed by atoms with Gasteiger partial charge in [0.25, 0.3) is 17.7 Å². The first-order valence-electron chi connectivity index (χ1n) is 9.90. The molecule has 0 bridgehead atoms. The number of thiophene rings is 1. The van der Waals surface area contributed by atoms with Crippen LogP contribution in [0.4, 0.5) is 5.69 Å². The minimum Gasteiger partial charge on any atom is -0.321 e. The lowest BCUT2D eigenvalue weighted by Crippen LogP contribution is -2.36. The molecular formula is C22H20ClN3O3S. The Morgan fingerprint density at radius 2 is 2.00 bits per heavy atom. The van der Waals surface area contributed by atoms with Gasteiger partial charge in [0.2, 0.25) is 0 Å². The molecule has 1 fully saturated rings. The molecule has 0 saturated heterocycles. The molecule has 1 aromatic carbocycles. The number of nitrogens with zero attached hydrogens (tertiary/aromatic N) is 2. The molecule has 0 unspecified atom stereocenters. The van der Waals surface area contributed by atoms with Gasteiger partial charge in [-0.1, -0.05) is 24.1 Å². The fourth-order valence-electron chi connectivity index (χ4n) is 4.36. The number of halogens is 1. The Balaban J connectivity index is 1.52. The summed E-state index contributed by atoms with van der Waals surface area (Å²) in [5.41, 5.74) is 0.878. The van der Waals surface area contributed by atoms with Crippen LogP contribution in [0.2, 0.25) is 4.34 Å². The van der Waals surface area contributed by atoms with Gasteiger partial charge < -0.3 is 5.32 Å². The van der Waals surface area contributed by atoms with Crippen molar-refractivity contribution in [3.8, 4) is 6.07 Å². The van der Waals surface area contributed by atoms with Crippen LogP contribution >= 0.6 is 22.9 Å². The van der Waals surface area contributed by atoms with Gasteiger partial charge in [0.1, 0.15) is 0 Å². The van der Waals surface area contributed by atoms with Crippen LogP contribution in [0.15, 0.2) is 30.3 Å². The first-order chi connectivity index (χ1) is 14.5. The predicted molar refractivity (Wildman–Crippen MR) is 115 cm³/mol. The van der Waals surface area contributed by atoms with Gasteiger partial charge in [-0.3, -0.25) is 19.3 Å². The fraction of sp³-hybridized carbons (Fsp3) is 0.364. The van der Waals surface area contributed by atoms with E-state index < -0.39 is 0 Å². The molecule has 1 aromatic heterocycles. The number of amides is 3. The molecule has 0 radical (unpaired) electrons. The van der Waals surface area contributed by atoms with E-state index in [0.717, 1.165) is 37.0 Å². The normalized spacial score (nSPS) is 20.7. The Hall–Kier alpha value is -2.69. The number of nitrogens with one attached hydrogen (secondary N) is 1. The molecule has 0 spiro atoms. The van der Waals surface area contributed by atoms with E-state index in [1.807, 2.05) is 0 Å². The van der Waals surface area contributed by atoms with E-state index in [1.54, 1.807) is 30.3 Å². The van der Waals surface area contributed by atoms with Crippen LogP contribution in [0, 0.1) is 23.2 Å². The number of rotatable bonds is 5. The summed E-state index contributed by atoms with van der Waals surface area (Å²) < 4.78 is 0.498. The third-order valence-corrected chi connectivity index (χ3v) is 6.99. The largest absolute Gasteiger partial charge is 0.321 e. The maximum Gasteiger partial charge on any atom is 0.265 e. The monoisotopic (exact) mass is 441 g/mol. The third-order valence-electron chi connectivity index (χ3n) is 5.76. The topological polar surface area (TPSA) is 90.3 Å². The van der Waals surface area contributed by atoms with E-state index in [4.69, 9.17) is 16.9 Å². The zero-order valence-corrected chi connectivity index (χ0v) is 17.8. The van der Waals surface area contributed by atoms with Crippen LogP contribution < -0.4 is 5.32 Å². The number of hydrogen-bond acceptors (Lipinski definition) is 5. The molecule has 3 amide bonds. The van der Waals surface area contributed by atoms with Crippen molar-refractivity contribution in [2.75, 3.05) is 11.9 Å². The number of hydrogen-bond donors (Lipinski definition) is 1. The number of anilines is 1. The second-order valence-electron chi connectivity index (χ2n) is 7.77. The number of nitriles is 1. The Labute approximate surface area is 183 Å². The highest BCUT2D eigenvalue weighted by Gasteiger charge is 2.39. The van der Waals surface area contributed by atoms with Gasteiger partial charge >= 0.3 is 0 Å². The molecule has 1 aliphatic carbocycles. The summed E-state index contributed by atoms with van der Waals surface area (Å²) in [7, 11) is 0. The first kappa shape index (κ1) is 20.6. The summed E-state index contributed by atoms with van der Waals surface area (Å²) in [4.78, 5) is 40.3. The lowest BCUT2D eigenvalue weighted by molar-refractivity contribution is 0.0607. The van der Waals surface area contributed by atoms with Crippen molar-refractivity contribution in [3.05, 3.63) is 50.7 Å². The highest BCUT2D eigenvalue weighted by atomic mass is 35.5. The molecule has 1 aliphatic heterocycles. The highest BCUT2D eigenvalue weighted by Crippen LogP contribution is 2.35. The zero-order valence-electron chi connectivity index (χ0n) is 16.2. The van der Waals surface area contributed by atoms with Crippen molar-refractivity contribution in [2.24, 2.45) is 11.8 Å². The van der Waals surface area contributed by atoms with Gasteiger partial charge in [-0.2, -0.15) is 5.26 Å². The number of imide groups is 1. The zero-order chi connectivity index (χ0) is 21.3. The minimum absolute atomic E-state index is 0.200. The molecule has 2 aliphatic rings. The summed E-state index contributed by atoms with van der Waals surface area (Å²) >= 11 is 7.05. The van der Waals surface area contributed by atoms with Crippen molar-refractivity contribution < 1.29 is 14.4 Å². The fourth-order valence-corrected chi connectivity index (χ4v) is 5.30. The lowest BCUT2D eigenvalue weighted by Gasteiger charge is -2.30. The molecule has 2 atom stereocenters. The summed E-state index contributed by atoms with van der Waals surface area (Å²) in [6.07, 6.45) is 4.34. The van der Waals surface area contributed by atoms with Crippen molar-refractivity contribution in [3.63, 3.8) is 0 Å². The molecule has 2 heterocycles. The number of carbonyl (C=O) groups is 3. The Bertz CT molecular complexity index is 1060. The van der Waals surface area contributed by atoms with Gasteiger partial charge in [-0.15, -0.1) is 11.3 Å². The van der Waals surface area contributed by atoms with Crippen LogP contribution in [0.3, 0.4) is 0 Å². The van der Waals surface area contributed by atoms with Gasteiger partial charge in [0, 0.05) is 13.0 Å². The number of fused-ring (bicyclic) bond motifs is 1. The van der Waals surface area contributed by atoms with Crippen LogP contribution in [0.25, 0.3) is 0 Å². The van der Waals surface area contributed by atoms with E-state index in [2.05, 4.69) is 11.4 Å². The van der Waals surface area contributed by atoms with Crippen LogP contribution in [-0.4, -0.2) is 29.2 Å². The van der Waals surface area contributed by atoms with Crippen LogP contribution in [0.1, 0.15) is 62.5 Å². The van der Waals surface area contributed by atoms with Gasteiger partial charge in [-0.05, 0) is 55.4 Å². The maximum atomic E-state index is 13.1. The summed E-state index contributed by atoms with van der Waals surface area (Å²) in [6.45, 7) is 0.349. The maximum absolute atomic E-state index is 13.1. The van der Waals surface area contributed by atoms with Crippen molar-refractivity contribution in [1.29, 1.82) is 5.26 Å². The van der Waals surface area contributed by atoms with Crippen molar-refractivity contribution >= 4 is 46.3 Å². The van der Waals surface area contributed by atoms with Gasteiger partial charge in [-0.25, -0.2) is 0 Å². The van der Waals surface area contributed by atoms with E-state index in [1.165, 1.54) is 4.90 Å². The molecule has 30 heavy (non-hydrogen) atoms. The van der Waals surface area contributed by atoms with E-state index in [-0.39, 0.29) is 29.2 Å². The first-order valence-corrected chi connectivity index (χ1v) is 11.1. The van der Waals surface area contributed by atoms with E-state index in [9.17, 15) is 14.4 Å². The number of carbonyl (C=O) groups excluding carboxylic acids is 3. The molecule has 1 N–H and O–H groups in total. The summed E-state index contributed by atoms with van der Waals surface area (Å²) in [5, 5.41) is 11.7. The minimum atomic E-state index is -0.377. The van der Waals surface area contributed by atoms with Crippen LogP contribution in [0.5, 0.6) is 0 Å². The average molecular weight is 442 g/mol. The molecular weight excluding hydrogens is 422 g/mol. The van der Waals surface area contributed by atoms with E-state index >= 15 is 0 Å². The second kappa shape index (κ2) is 8.58. The molecule has 154 valence electrons. The number of benzene rings is 1. The standard InChI is InChI=1S/C22H20ClN3O3S/c23-18-8-7-17(30-18)20(27)25-16-6-2-5-15-19(16)22(29)26(21(15)28)12-14-4-1-3-13(11-14)9-10-24/h2,5-8,13-14H,1,3-4,9,11-12H2,(H,25,27)/t13-,14-/m0/s1. The lowest BCUT2D eigenvalue weighted by atomic mass is 9.80. The second-order valence-corrected chi connectivity index (χ2v) is 9.48. The Kier molecular flexibility index (Phi) is 5.89. The Morgan fingerprint density at radius 1 is 1.20 bits per heavy atom. The predicted octanol–water partition coefficient (Wildman–Crippen LogP) is 4.97. The summed E-state index contributed by atoms with van der Waals surface area (Å²) in [5.74, 6) is -0.544. The quantitative estimate of drug-likeness (QED) is 0.663. The van der Waals surface area contributed by atoms with Crippen LogP contribution in [-0.2, 0) is 0 Å². The average Bonchev–Trinajstić information content (AvgIpc) is 3.27. The molecule has 4 rings (SSSR count). The molecule has 8 heteroatoms. The Morgan fingerprint density at radius 3 is 2.73 bits per heavy atom. The molecule has 1 saturated carbocycles. The van der Waals surface area contributed by atoms with Gasteiger partial charge in [0.15, 0.2) is 0 Å². The molecule has 2 aromatic rings. The SMILES string of the molecule is N#CC[C@@H]1CCC[C@H](CN2C(=O)c3cccc(NC(=O)c4ccc(Cl)s4)c3C2=O)C1. The van der Waals surface area contributed by atoms with Crippen molar-refractivity contribution in [1.82, 2.24) is 4.90 Å². The van der Waals surface area contributed by atoms with Crippen molar-refractivity contribution in [2.45, 2.75) is 32.1 Å². The molecule has 6 nitrogen and oxygen atoms in total. The van der Waals surface area contributed by atoms with Gasteiger partial charge in [0.05, 0.1) is 32.1 Å². The highest BCUT2D eigenvalue weighted by molar-refractivity contribution is 7.18.